The fraction of sp³-hybridized carbons (Fsp3) is 0.667. The molecule has 0 radical (unpaired) electrons. The molecule has 1 aromatic heterocycles. The summed E-state index contributed by atoms with van der Waals surface area (Å²) >= 11 is 2.26. The van der Waals surface area contributed by atoms with Gasteiger partial charge < -0.3 is 11.1 Å². The van der Waals surface area contributed by atoms with E-state index in [9.17, 15) is 0 Å². The van der Waals surface area contributed by atoms with Crippen LogP contribution in [0.25, 0.3) is 0 Å². The van der Waals surface area contributed by atoms with Crippen molar-refractivity contribution >= 4 is 28.4 Å². The van der Waals surface area contributed by atoms with Crippen LogP contribution < -0.4 is 11.1 Å². The second-order valence-corrected chi connectivity index (χ2v) is 6.19. The van der Waals surface area contributed by atoms with Gasteiger partial charge in [0.15, 0.2) is 0 Å². The third-order valence-electron chi connectivity index (χ3n) is 3.53. The summed E-state index contributed by atoms with van der Waals surface area (Å²) in [5.74, 6) is 1.65. The Labute approximate surface area is 116 Å². The van der Waals surface area contributed by atoms with E-state index in [-0.39, 0.29) is 5.54 Å². The van der Waals surface area contributed by atoms with E-state index in [4.69, 9.17) is 5.73 Å². The van der Waals surface area contributed by atoms with Crippen molar-refractivity contribution in [2.75, 3.05) is 11.9 Å². The highest BCUT2D eigenvalue weighted by Crippen LogP contribution is 2.34. The Kier molecular flexibility index (Phi) is 4.19. The molecule has 2 atom stereocenters. The molecular weight excluding hydrogens is 327 g/mol. The largest absolute Gasteiger partial charge is 0.362 e. The standard InChI is InChI=1S/C12H19IN4/c1-9-3-2-4-12(5-9,7-14)17-11-10(13)6-15-8-16-11/h6,8-9H,2-5,7,14H2,1H3,(H,15,16,17). The lowest BCUT2D eigenvalue weighted by Crippen LogP contribution is -2.49. The summed E-state index contributed by atoms with van der Waals surface area (Å²) in [4.78, 5) is 8.32. The molecular formula is C12H19IN4. The Balaban J connectivity index is 2.17. The number of aromatic nitrogens is 2. The van der Waals surface area contributed by atoms with E-state index in [1.165, 1.54) is 12.8 Å². The second kappa shape index (κ2) is 5.48. The van der Waals surface area contributed by atoms with Crippen molar-refractivity contribution in [1.29, 1.82) is 0 Å². The highest BCUT2D eigenvalue weighted by molar-refractivity contribution is 14.1. The van der Waals surface area contributed by atoms with Crippen LogP contribution in [0.15, 0.2) is 12.5 Å². The predicted octanol–water partition coefficient (Wildman–Crippen LogP) is 2.40. The van der Waals surface area contributed by atoms with Gasteiger partial charge in [-0.25, -0.2) is 9.97 Å². The first kappa shape index (κ1) is 13.0. The minimum atomic E-state index is 0.0198. The van der Waals surface area contributed by atoms with E-state index in [0.717, 1.165) is 28.1 Å². The van der Waals surface area contributed by atoms with E-state index in [2.05, 4.69) is 44.8 Å². The van der Waals surface area contributed by atoms with Gasteiger partial charge >= 0.3 is 0 Å². The van der Waals surface area contributed by atoms with Gasteiger partial charge in [-0.1, -0.05) is 19.8 Å². The first-order valence-electron chi connectivity index (χ1n) is 6.09. The van der Waals surface area contributed by atoms with Gasteiger partial charge in [0.1, 0.15) is 12.1 Å². The van der Waals surface area contributed by atoms with Gasteiger partial charge in [0.05, 0.1) is 9.11 Å². The van der Waals surface area contributed by atoms with Gasteiger partial charge in [-0.3, -0.25) is 0 Å². The number of anilines is 1. The highest BCUT2D eigenvalue weighted by atomic mass is 127. The summed E-state index contributed by atoms with van der Waals surface area (Å²) in [7, 11) is 0. The summed E-state index contributed by atoms with van der Waals surface area (Å²) in [6.45, 7) is 2.97. The molecule has 0 bridgehead atoms. The lowest BCUT2D eigenvalue weighted by molar-refractivity contribution is 0.263. The van der Waals surface area contributed by atoms with Gasteiger partial charge in [-0.15, -0.1) is 0 Å². The van der Waals surface area contributed by atoms with Crippen molar-refractivity contribution in [3.8, 4) is 0 Å². The van der Waals surface area contributed by atoms with Crippen LogP contribution in [0.1, 0.15) is 32.6 Å². The number of hydrogen-bond acceptors (Lipinski definition) is 4. The average molecular weight is 346 g/mol. The van der Waals surface area contributed by atoms with Crippen LogP contribution in [0.5, 0.6) is 0 Å². The van der Waals surface area contributed by atoms with Crippen LogP contribution in [0.4, 0.5) is 5.82 Å². The zero-order valence-electron chi connectivity index (χ0n) is 10.1. The molecule has 1 aliphatic rings. The number of halogens is 1. The molecule has 2 unspecified atom stereocenters. The third kappa shape index (κ3) is 3.07. The van der Waals surface area contributed by atoms with Gasteiger partial charge in [-0.05, 0) is 41.4 Å². The zero-order valence-corrected chi connectivity index (χ0v) is 12.3. The number of nitrogens with one attached hydrogen (secondary N) is 1. The molecule has 0 spiro atoms. The molecule has 0 aliphatic heterocycles. The third-order valence-corrected chi connectivity index (χ3v) is 4.32. The molecule has 3 N–H and O–H groups in total. The Morgan fingerprint density at radius 3 is 3.12 bits per heavy atom. The SMILES string of the molecule is CC1CCCC(CN)(Nc2ncncc2I)C1. The molecule has 4 nitrogen and oxygen atoms in total. The second-order valence-electron chi connectivity index (χ2n) is 5.03. The van der Waals surface area contributed by atoms with Gasteiger partial charge in [0.25, 0.3) is 0 Å². The van der Waals surface area contributed by atoms with Crippen LogP contribution in [0.2, 0.25) is 0 Å². The molecule has 2 rings (SSSR count). The van der Waals surface area contributed by atoms with Crippen LogP contribution in [-0.2, 0) is 0 Å². The Bertz CT molecular complexity index is 385. The highest BCUT2D eigenvalue weighted by Gasteiger charge is 2.34. The summed E-state index contributed by atoms with van der Waals surface area (Å²) in [5, 5.41) is 3.56. The fourth-order valence-corrected chi connectivity index (χ4v) is 3.10. The molecule has 0 aromatic carbocycles. The number of hydrogen-bond donors (Lipinski definition) is 2. The quantitative estimate of drug-likeness (QED) is 0.825. The van der Waals surface area contributed by atoms with E-state index in [0.29, 0.717) is 6.54 Å². The molecule has 94 valence electrons. The van der Waals surface area contributed by atoms with Crippen LogP contribution >= 0.6 is 22.6 Å². The number of rotatable bonds is 3. The normalized spacial score (nSPS) is 29.0. The van der Waals surface area contributed by atoms with Crippen molar-refractivity contribution in [2.24, 2.45) is 11.7 Å². The van der Waals surface area contributed by atoms with Gasteiger partial charge in [0, 0.05) is 12.7 Å². The number of nitrogens with two attached hydrogens (primary N) is 1. The lowest BCUT2D eigenvalue weighted by atomic mass is 9.76. The maximum Gasteiger partial charge on any atom is 0.143 e. The fourth-order valence-electron chi connectivity index (χ4n) is 2.67. The topological polar surface area (TPSA) is 63.8 Å². The summed E-state index contributed by atoms with van der Waals surface area (Å²) in [5.41, 5.74) is 6.01. The maximum absolute atomic E-state index is 5.99. The summed E-state index contributed by atoms with van der Waals surface area (Å²) in [6, 6.07) is 0. The van der Waals surface area contributed by atoms with Crippen molar-refractivity contribution in [1.82, 2.24) is 9.97 Å². The van der Waals surface area contributed by atoms with Crippen molar-refractivity contribution in [2.45, 2.75) is 38.1 Å². The van der Waals surface area contributed by atoms with E-state index >= 15 is 0 Å². The Morgan fingerprint density at radius 2 is 2.47 bits per heavy atom. The smallest absolute Gasteiger partial charge is 0.143 e. The molecule has 0 amide bonds. The first-order valence-corrected chi connectivity index (χ1v) is 7.17. The molecule has 1 aromatic rings. The van der Waals surface area contributed by atoms with E-state index in [1.54, 1.807) is 6.33 Å². The number of nitrogens with zero attached hydrogens (tertiary/aromatic N) is 2. The van der Waals surface area contributed by atoms with Crippen molar-refractivity contribution < 1.29 is 0 Å². The predicted molar refractivity (Wildman–Crippen MR) is 77.8 cm³/mol. The minimum absolute atomic E-state index is 0.0198. The zero-order chi connectivity index (χ0) is 12.3. The van der Waals surface area contributed by atoms with E-state index < -0.39 is 0 Å². The van der Waals surface area contributed by atoms with Gasteiger partial charge in [-0.2, -0.15) is 0 Å². The maximum atomic E-state index is 5.99. The molecule has 1 fully saturated rings. The van der Waals surface area contributed by atoms with E-state index in [1.807, 2.05) is 6.20 Å². The Hall–Kier alpha value is -0.430. The van der Waals surface area contributed by atoms with Crippen molar-refractivity contribution in [3.05, 3.63) is 16.1 Å². The molecule has 5 heteroatoms. The van der Waals surface area contributed by atoms with Crippen LogP contribution in [-0.4, -0.2) is 22.1 Å². The molecule has 1 aliphatic carbocycles. The molecule has 0 saturated heterocycles. The lowest BCUT2D eigenvalue weighted by Gasteiger charge is -2.40. The average Bonchev–Trinajstić information content (AvgIpc) is 2.32. The molecule has 1 heterocycles. The van der Waals surface area contributed by atoms with Crippen molar-refractivity contribution in [3.63, 3.8) is 0 Å². The van der Waals surface area contributed by atoms with Crippen LogP contribution in [0, 0.1) is 9.49 Å². The molecule has 17 heavy (non-hydrogen) atoms. The minimum Gasteiger partial charge on any atom is -0.362 e. The van der Waals surface area contributed by atoms with Gasteiger partial charge in [0.2, 0.25) is 0 Å². The Morgan fingerprint density at radius 1 is 1.65 bits per heavy atom. The monoisotopic (exact) mass is 346 g/mol. The van der Waals surface area contributed by atoms with Crippen LogP contribution in [0.3, 0.4) is 0 Å². The summed E-state index contributed by atoms with van der Waals surface area (Å²) < 4.78 is 1.05. The first-order chi connectivity index (χ1) is 8.15. The molecule has 1 saturated carbocycles. The summed E-state index contributed by atoms with van der Waals surface area (Å²) in [6.07, 6.45) is 8.22.